The fourth-order valence-corrected chi connectivity index (χ4v) is 6.47. The zero-order valence-electron chi connectivity index (χ0n) is 20.8. The number of carbonyl (C=O) groups excluding carboxylic acids is 1. The third-order valence-corrected chi connectivity index (χ3v) is 8.71. The van der Waals surface area contributed by atoms with Crippen molar-refractivity contribution in [1.29, 1.82) is 0 Å². The van der Waals surface area contributed by atoms with Crippen molar-refractivity contribution in [2.45, 2.75) is 64.1 Å². The van der Waals surface area contributed by atoms with E-state index in [2.05, 4.69) is 14.9 Å². The van der Waals surface area contributed by atoms with Crippen LogP contribution in [0, 0.1) is 11.8 Å². The van der Waals surface area contributed by atoms with Gasteiger partial charge in [0.25, 0.3) is 5.19 Å². The molecule has 0 saturated heterocycles. The summed E-state index contributed by atoms with van der Waals surface area (Å²) in [5.41, 5.74) is 2.60. The summed E-state index contributed by atoms with van der Waals surface area (Å²) in [6, 6.07) is 9.63. The van der Waals surface area contributed by atoms with Gasteiger partial charge < -0.3 is 4.74 Å². The van der Waals surface area contributed by atoms with Crippen LogP contribution in [0.25, 0.3) is 10.9 Å². The van der Waals surface area contributed by atoms with Crippen molar-refractivity contribution >= 4 is 28.0 Å². The largest absolute Gasteiger partial charge is 0.470 e. The first kappa shape index (κ1) is 26.1. The molecule has 198 valence electrons. The number of benzene rings is 1. The molecule has 3 aromatic rings. The molecule has 2 aromatic heterocycles. The molecule has 0 N–H and O–H groups in total. The van der Waals surface area contributed by atoms with Gasteiger partial charge >= 0.3 is 6.18 Å². The average Bonchev–Trinajstić information content (AvgIpc) is 3.29. The normalized spacial score (nSPS) is 20.6. The van der Waals surface area contributed by atoms with E-state index in [9.17, 15) is 18.0 Å². The van der Waals surface area contributed by atoms with Crippen molar-refractivity contribution in [2.24, 2.45) is 11.8 Å². The molecule has 5 nitrogen and oxygen atoms in total. The fourth-order valence-electron chi connectivity index (χ4n) is 5.54. The van der Waals surface area contributed by atoms with Crippen LogP contribution < -0.4 is 4.74 Å². The predicted octanol–water partition coefficient (Wildman–Crippen LogP) is 6.85. The number of rotatable bonds is 9. The van der Waals surface area contributed by atoms with Gasteiger partial charge in [0.15, 0.2) is 5.78 Å². The van der Waals surface area contributed by atoms with Crippen LogP contribution in [0.15, 0.2) is 36.5 Å². The van der Waals surface area contributed by atoms with Gasteiger partial charge in [-0.1, -0.05) is 42.4 Å². The molecule has 1 aliphatic heterocycles. The molecule has 0 atom stereocenters. The Kier molecular flexibility index (Phi) is 8.09. The van der Waals surface area contributed by atoms with Gasteiger partial charge in [0.1, 0.15) is 0 Å². The van der Waals surface area contributed by atoms with Crippen LogP contribution in [0.4, 0.5) is 13.2 Å². The number of ether oxygens (including phenoxy) is 1. The van der Waals surface area contributed by atoms with Gasteiger partial charge in [0, 0.05) is 41.5 Å². The number of Topliss-reactive ketones (excluding diaryl/α,β-unsaturated/α-hetero) is 1. The van der Waals surface area contributed by atoms with Crippen LogP contribution in [-0.4, -0.2) is 46.5 Å². The number of aromatic nitrogens is 2. The molecular formula is C28H32F3N3O2S. The maximum Gasteiger partial charge on any atom is 0.392 e. The number of fused-ring (bicyclic) bond motifs is 2. The third kappa shape index (κ3) is 6.87. The van der Waals surface area contributed by atoms with Gasteiger partial charge in [-0.15, -0.1) is 0 Å². The first-order valence-electron chi connectivity index (χ1n) is 13.1. The number of pyridine rings is 1. The van der Waals surface area contributed by atoms with E-state index in [1.165, 1.54) is 11.3 Å². The second kappa shape index (κ2) is 11.5. The van der Waals surface area contributed by atoms with E-state index in [4.69, 9.17) is 4.74 Å². The zero-order chi connectivity index (χ0) is 25.8. The van der Waals surface area contributed by atoms with E-state index in [-0.39, 0.29) is 12.4 Å². The van der Waals surface area contributed by atoms with E-state index in [1.807, 2.05) is 30.3 Å². The molecule has 0 unspecified atom stereocenters. The topological polar surface area (TPSA) is 55.3 Å². The molecule has 1 aromatic carbocycles. The van der Waals surface area contributed by atoms with Crippen molar-refractivity contribution in [3.05, 3.63) is 52.7 Å². The molecule has 0 spiro atoms. The molecule has 5 rings (SSSR count). The molecule has 2 aliphatic rings. The summed E-state index contributed by atoms with van der Waals surface area (Å²) in [7, 11) is 0. The number of halogens is 3. The van der Waals surface area contributed by atoms with E-state index in [0.717, 1.165) is 85.2 Å². The number of ketones is 1. The molecule has 3 heterocycles. The smallest absolute Gasteiger partial charge is 0.392 e. The number of nitrogens with zero attached hydrogens (tertiary/aromatic N) is 3. The highest BCUT2D eigenvalue weighted by Crippen LogP contribution is 2.35. The third-order valence-electron chi connectivity index (χ3n) is 7.64. The molecule has 1 fully saturated rings. The number of hydrogen-bond donors (Lipinski definition) is 0. The first-order chi connectivity index (χ1) is 17.8. The number of hydrogen-bond acceptors (Lipinski definition) is 6. The van der Waals surface area contributed by atoms with Gasteiger partial charge in [-0.3, -0.25) is 14.7 Å². The minimum absolute atomic E-state index is 0.219. The van der Waals surface area contributed by atoms with Crippen molar-refractivity contribution in [3.63, 3.8) is 0 Å². The van der Waals surface area contributed by atoms with Crippen LogP contribution in [0.2, 0.25) is 0 Å². The summed E-state index contributed by atoms with van der Waals surface area (Å²) in [5.74, 6) is 1.33. The second-order valence-corrected chi connectivity index (χ2v) is 11.3. The lowest BCUT2D eigenvalue weighted by Gasteiger charge is -2.31. The highest BCUT2D eigenvalue weighted by atomic mass is 32.1. The van der Waals surface area contributed by atoms with Gasteiger partial charge in [-0.2, -0.15) is 13.2 Å². The van der Waals surface area contributed by atoms with Crippen molar-refractivity contribution in [1.82, 2.24) is 14.9 Å². The van der Waals surface area contributed by atoms with Crippen molar-refractivity contribution in [3.8, 4) is 5.19 Å². The Morgan fingerprint density at radius 3 is 2.73 bits per heavy atom. The van der Waals surface area contributed by atoms with E-state index in [0.29, 0.717) is 23.5 Å². The second-order valence-electron chi connectivity index (χ2n) is 10.3. The molecular weight excluding hydrogens is 499 g/mol. The van der Waals surface area contributed by atoms with Crippen LogP contribution in [0.1, 0.15) is 65.9 Å². The maximum atomic E-state index is 13.0. The Morgan fingerprint density at radius 2 is 1.92 bits per heavy atom. The Morgan fingerprint density at radius 1 is 1.11 bits per heavy atom. The number of carbonyl (C=O) groups is 1. The van der Waals surface area contributed by atoms with Crippen molar-refractivity contribution < 1.29 is 22.7 Å². The Bertz CT molecular complexity index is 1220. The monoisotopic (exact) mass is 531 g/mol. The summed E-state index contributed by atoms with van der Waals surface area (Å²) in [6.45, 7) is 2.30. The summed E-state index contributed by atoms with van der Waals surface area (Å²) in [6.07, 6.45) is 3.68. The molecule has 0 radical (unpaired) electrons. The van der Waals surface area contributed by atoms with Gasteiger partial charge in [-0.05, 0) is 56.2 Å². The molecule has 1 saturated carbocycles. The lowest BCUT2D eigenvalue weighted by Crippen LogP contribution is -2.32. The molecule has 0 bridgehead atoms. The lowest BCUT2D eigenvalue weighted by molar-refractivity contribution is -0.139. The quantitative estimate of drug-likeness (QED) is 0.283. The highest BCUT2D eigenvalue weighted by Gasteiger charge is 2.28. The van der Waals surface area contributed by atoms with E-state index < -0.39 is 12.6 Å². The summed E-state index contributed by atoms with van der Waals surface area (Å²) in [5, 5.41) is 1.29. The highest BCUT2D eigenvalue weighted by molar-refractivity contribution is 7.13. The van der Waals surface area contributed by atoms with Gasteiger partial charge in [0.2, 0.25) is 0 Å². The minimum Gasteiger partial charge on any atom is -0.470 e. The fraction of sp³-hybridized carbons (Fsp3) is 0.536. The van der Waals surface area contributed by atoms with Crippen molar-refractivity contribution in [2.75, 3.05) is 19.7 Å². The van der Waals surface area contributed by atoms with Crippen LogP contribution in [-0.2, 0) is 13.0 Å². The molecule has 37 heavy (non-hydrogen) atoms. The molecule has 9 heteroatoms. The average molecular weight is 532 g/mol. The number of thiazole rings is 1. The van der Waals surface area contributed by atoms with Gasteiger partial charge in [0.05, 0.1) is 24.2 Å². The van der Waals surface area contributed by atoms with E-state index in [1.54, 1.807) is 6.20 Å². The Balaban J connectivity index is 1.04. The minimum atomic E-state index is -4.21. The lowest BCUT2D eigenvalue weighted by atomic mass is 9.78. The predicted molar refractivity (Wildman–Crippen MR) is 138 cm³/mol. The first-order valence-corrected chi connectivity index (χ1v) is 13.9. The van der Waals surface area contributed by atoms with Crippen LogP contribution >= 0.6 is 11.3 Å². The summed E-state index contributed by atoms with van der Waals surface area (Å²) >= 11 is 1.38. The summed E-state index contributed by atoms with van der Waals surface area (Å²) in [4.78, 5) is 25.4. The Labute approximate surface area is 219 Å². The van der Waals surface area contributed by atoms with Gasteiger partial charge in [-0.25, -0.2) is 4.98 Å². The Hall–Kier alpha value is -2.52. The van der Waals surface area contributed by atoms with Crippen LogP contribution in [0.3, 0.4) is 0 Å². The zero-order valence-corrected chi connectivity index (χ0v) is 21.6. The van der Waals surface area contributed by atoms with E-state index >= 15 is 0 Å². The standard InChI is InChI=1S/C28H32F3N3O2S/c29-28(30,31)12-16-36-27-33-24-18-34(15-11-26(24)37-27)14-10-19-6-8-20(9-7-19)17-25(35)22-3-1-5-23-21(22)4-2-13-32-23/h1-5,13,19-20H,6-12,14-18H2. The van der Waals surface area contributed by atoms with Crippen LogP contribution in [0.5, 0.6) is 5.19 Å². The molecule has 0 amide bonds. The number of alkyl halides is 3. The molecule has 1 aliphatic carbocycles. The maximum absolute atomic E-state index is 13.0. The summed E-state index contributed by atoms with van der Waals surface area (Å²) < 4.78 is 42.3. The SMILES string of the molecule is O=C(CC1CCC(CCN2CCc3sc(OCCC(F)(F)F)nc3C2)CC1)c1cccc2ncccc12.